The zero-order chi connectivity index (χ0) is 13.5. The predicted octanol–water partition coefficient (Wildman–Crippen LogP) is 2.88. The molecule has 1 amide bonds. The largest absolute Gasteiger partial charge is 0.324 e. The van der Waals surface area contributed by atoms with Crippen molar-refractivity contribution in [1.82, 2.24) is 5.48 Å². The highest BCUT2D eigenvalue weighted by atomic mass is 32.1. The third kappa shape index (κ3) is 4.24. The lowest BCUT2D eigenvalue weighted by Gasteiger charge is -2.08. The van der Waals surface area contributed by atoms with Crippen LogP contribution >= 0.6 is 11.3 Å². The van der Waals surface area contributed by atoms with Gasteiger partial charge in [0.1, 0.15) is 0 Å². The first-order valence-electron chi connectivity index (χ1n) is 5.71. The number of carbonyl (C=O) groups excluding carboxylic acids is 1. The smallest absolute Gasteiger partial charge is 0.253 e. The molecule has 0 saturated heterocycles. The van der Waals surface area contributed by atoms with Crippen molar-refractivity contribution in [2.24, 2.45) is 0 Å². The number of thiophene rings is 1. The maximum absolute atomic E-state index is 11.6. The fourth-order valence-corrected chi connectivity index (χ4v) is 2.05. The van der Waals surface area contributed by atoms with E-state index >= 15 is 0 Å². The Hall–Kier alpha value is -2.11. The predicted molar refractivity (Wildman–Crippen MR) is 77.5 cm³/mol. The molecule has 4 nitrogen and oxygen atoms in total. The van der Waals surface area contributed by atoms with Crippen LogP contribution in [0.3, 0.4) is 0 Å². The number of para-hydroxylation sites is 1. The molecule has 2 N–H and O–H groups in total. The topological polar surface area (TPSA) is 50.4 Å². The maximum Gasteiger partial charge on any atom is 0.253 e. The minimum Gasteiger partial charge on any atom is -0.324 e. The number of amides is 1. The van der Waals surface area contributed by atoms with Crippen LogP contribution in [0.5, 0.6) is 0 Å². The summed E-state index contributed by atoms with van der Waals surface area (Å²) >= 11 is 1.55. The molecule has 0 atom stereocenters. The number of hydrogen-bond donors (Lipinski definition) is 2. The minimum atomic E-state index is -0.224. The average molecular weight is 274 g/mol. The Morgan fingerprint density at radius 2 is 2.00 bits per heavy atom. The number of anilines is 1. The first-order chi connectivity index (χ1) is 9.25. The number of hydrogen-bond acceptors (Lipinski definition) is 4. The van der Waals surface area contributed by atoms with Gasteiger partial charge in [0.15, 0.2) is 6.61 Å². The molecule has 0 spiro atoms. The Labute approximate surface area is 115 Å². The summed E-state index contributed by atoms with van der Waals surface area (Å²) in [6.45, 7) is 3.74. The van der Waals surface area contributed by atoms with Crippen LogP contribution in [0, 0.1) is 0 Å². The summed E-state index contributed by atoms with van der Waals surface area (Å²) < 4.78 is 0. The molecule has 1 aromatic heterocycles. The van der Waals surface area contributed by atoms with Gasteiger partial charge in [-0.2, -0.15) is 0 Å². The van der Waals surface area contributed by atoms with Gasteiger partial charge in [0, 0.05) is 5.69 Å². The van der Waals surface area contributed by atoms with E-state index in [-0.39, 0.29) is 12.5 Å². The molecule has 2 rings (SSSR count). The Balaban J connectivity index is 1.71. The van der Waals surface area contributed by atoms with Crippen LogP contribution in [0.4, 0.5) is 5.69 Å². The SMILES string of the molecule is C=C(NOCC(=O)Nc1ccccc1)c1cccs1. The van der Waals surface area contributed by atoms with Gasteiger partial charge in [0.2, 0.25) is 0 Å². The van der Waals surface area contributed by atoms with Crippen molar-refractivity contribution in [3.05, 3.63) is 59.3 Å². The standard InChI is InChI=1S/C14H14N2O2S/c1-11(13-8-5-9-19-13)16-18-10-14(17)15-12-6-3-2-4-7-12/h2-9,16H,1,10H2,(H,15,17). The summed E-state index contributed by atoms with van der Waals surface area (Å²) in [5.74, 6) is -0.224. The molecule has 2 aromatic rings. The third-order valence-corrected chi connectivity index (χ3v) is 3.20. The average Bonchev–Trinajstić information content (AvgIpc) is 2.93. The van der Waals surface area contributed by atoms with Crippen molar-refractivity contribution in [2.45, 2.75) is 0 Å². The van der Waals surface area contributed by atoms with Crippen LogP contribution in [0.25, 0.3) is 5.70 Å². The normalized spacial score (nSPS) is 9.89. The molecule has 19 heavy (non-hydrogen) atoms. The van der Waals surface area contributed by atoms with E-state index < -0.39 is 0 Å². The Morgan fingerprint density at radius 1 is 1.21 bits per heavy atom. The summed E-state index contributed by atoms with van der Waals surface area (Å²) in [4.78, 5) is 17.7. The Kier molecular flexibility index (Phi) is 4.72. The first kappa shape index (κ1) is 13.3. The molecule has 0 unspecified atom stereocenters. The molecule has 98 valence electrons. The zero-order valence-corrected chi connectivity index (χ0v) is 11.1. The lowest BCUT2D eigenvalue weighted by atomic mass is 10.3. The van der Waals surface area contributed by atoms with Gasteiger partial charge in [-0.3, -0.25) is 15.1 Å². The zero-order valence-electron chi connectivity index (χ0n) is 10.3. The molecule has 0 saturated carbocycles. The molecule has 1 aromatic carbocycles. The molecule has 0 aliphatic carbocycles. The van der Waals surface area contributed by atoms with Crippen LogP contribution in [0.2, 0.25) is 0 Å². The fourth-order valence-electron chi connectivity index (χ4n) is 1.41. The number of carbonyl (C=O) groups is 1. The van der Waals surface area contributed by atoms with Crippen molar-refractivity contribution < 1.29 is 9.63 Å². The number of benzene rings is 1. The van der Waals surface area contributed by atoms with E-state index in [2.05, 4.69) is 17.4 Å². The van der Waals surface area contributed by atoms with E-state index in [4.69, 9.17) is 4.84 Å². The second-order valence-electron chi connectivity index (χ2n) is 3.76. The monoisotopic (exact) mass is 274 g/mol. The Morgan fingerprint density at radius 3 is 2.68 bits per heavy atom. The van der Waals surface area contributed by atoms with Crippen molar-refractivity contribution in [3.63, 3.8) is 0 Å². The second-order valence-corrected chi connectivity index (χ2v) is 4.71. The molecule has 0 aliphatic rings. The highest BCUT2D eigenvalue weighted by molar-refractivity contribution is 7.11. The van der Waals surface area contributed by atoms with Crippen LogP contribution in [-0.2, 0) is 9.63 Å². The van der Waals surface area contributed by atoms with Gasteiger partial charge in [-0.25, -0.2) is 0 Å². The van der Waals surface area contributed by atoms with Gasteiger partial charge in [-0.15, -0.1) is 11.3 Å². The van der Waals surface area contributed by atoms with E-state index in [1.807, 2.05) is 47.8 Å². The van der Waals surface area contributed by atoms with E-state index in [1.54, 1.807) is 11.3 Å². The van der Waals surface area contributed by atoms with Gasteiger partial charge in [0.05, 0.1) is 10.6 Å². The summed E-state index contributed by atoms with van der Waals surface area (Å²) in [5.41, 5.74) is 4.04. The van der Waals surface area contributed by atoms with E-state index in [0.29, 0.717) is 5.70 Å². The summed E-state index contributed by atoms with van der Waals surface area (Å²) in [7, 11) is 0. The molecule has 0 bridgehead atoms. The van der Waals surface area contributed by atoms with Gasteiger partial charge < -0.3 is 5.32 Å². The summed E-state index contributed by atoms with van der Waals surface area (Å²) in [6.07, 6.45) is 0. The fraction of sp³-hybridized carbons (Fsp3) is 0.0714. The molecule has 0 radical (unpaired) electrons. The quantitative estimate of drug-likeness (QED) is 0.796. The minimum absolute atomic E-state index is 0.0840. The van der Waals surface area contributed by atoms with Crippen molar-refractivity contribution >= 4 is 28.6 Å². The lowest BCUT2D eigenvalue weighted by molar-refractivity contribution is -0.122. The van der Waals surface area contributed by atoms with Crippen molar-refractivity contribution in [3.8, 4) is 0 Å². The third-order valence-electron chi connectivity index (χ3n) is 2.27. The van der Waals surface area contributed by atoms with Crippen molar-refractivity contribution in [2.75, 3.05) is 11.9 Å². The summed E-state index contributed by atoms with van der Waals surface area (Å²) in [5, 5.41) is 4.67. The molecule has 5 heteroatoms. The van der Waals surface area contributed by atoms with E-state index in [0.717, 1.165) is 10.6 Å². The number of hydroxylamine groups is 1. The molecule has 0 aliphatic heterocycles. The van der Waals surface area contributed by atoms with Gasteiger partial charge >= 0.3 is 0 Å². The van der Waals surface area contributed by atoms with E-state index in [9.17, 15) is 4.79 Å². The lowest BCUT2D eigenvalue weighted by Crippen LogP contribution is -2.23. The highest BCUT2D eigenvalue weighted by Gasteiger charge is 2.04. The van der Waals surface area contributed by atoms with Crippen LogP contribution < -0.4 is 10.8 Å². The number of rotatable bonds is 6. The molecule has 0 fully saturated rings. The molecule has 1 heterocycles. The highest BCUT2D eigenvalue weighted by Crippen LogP contribution is 2.15. The van der Waals surface area contributed by atoms with E-state index in [1.165, 1.54) is 0 Å². The first-order valence-corrected chi connectivity index (χ1v) is 6.59. The van der Waals surface area contributed by atoms with Gasteiger partial charge in [-0.05, 0) is 23.6 Å². The Bertz CT molecular complexity index is 538. The number of nitrogens with one attached hydrogen (secondary N) is 2. The van der Waals surface area contributed by atoms with Gasteiger partial charge in [0.25, 0.3) is 5.91 Å². The molecular formula is C14H14N2O2S. The second kappa shape index (κ2) is 6.72. The maximum atomic E-state index is 11.6. The van der Waals surface area contributed by atoms with Gasteiger partial charge in [-0.1, -0.05) is 30.8 Å². The molecular weight excluding hydrogens is 260 g/mol. The van der Waals surface area contributed by atoms with Crippen molar-refractivity contribution in [1.29, 1.82) is 0 Å². The summed E-state index contributed by atoms with van der Waals surface area (Å²) in [6, 6.07) is 13.1. The van der Waals surface area contributed by atoms with Crippen LogP contribution in [-0.4, -0.2) is 12.5 Å². The van der Waals surface area contributed by atoms with Crippen LogP contribution in [0.15, 0.2) is 54.4 Å². The van der Waals surface area contributed by atoms with Crippen LogP contribution in [0.1, 0.15) is 4.88 Å².